The first kappa shape index (κ1) is 25.3. The van der Waals surface area contributed by atoms with Gasteiger partial charge in [-0.1, -0.05) is 36.4 Å². The van der Waals surface area contributed by atoms with Gasteiger partial charge in [0.2, 0.25) is 5.91 Å². The molecule has 0 spiro atoms. The van der Waals surface area contributed by atoms with E-state index in [2.05, 4.69) is 33.1 Å². The molecule has 1 saturated heterocycles. The molecule has 2 aromatic heterocycles. The fourth-order valence-electron chi connectivity index (χ4n) is 4.99. The van der Waals surface area contributed by atoms with Crippen LogP contribution in [0.3, 0.4) is 0 Å². The maximum absolute atomic E-state index is 13.6. The number of likely N-dealkylation sites (N-methyl/N-ethyl adjacent to an activating group) is 1. The molecule has 5 rings (SSSR count). The Morgan fingerprint density at radius 3 is 2.47 bits per heavy atom. The van der Waals surface area contributed by atoms with Crippen LogP contribution >= 0.6 is 0 Å². The average molecular weight is 512 g/mol. The smallest absolute Gasteiger partial charge is 0.409 e. The predicted octanol–water partition coefficient (Wildman–Crippen LogP) is 4.65. The lowest BCUT2D eigenvalue weighted by Gasteiger charge is -2.36. The van der Waals surface area contributed by atoms with Crippen LogP contribution in [0.1, 0.15) is 24.0 Å². The Balaban J connectivity index is 1.22. The summed E-state index contributed by atoms with van der Waals surface area (Å²) in [5, 5.41) is 1.18. The van der Waals surface area contributed by atoms with Gasteiger partial charge in [-0.3, -0.25) is 9.78 Å². The van der Waals surface area contributed by atoms with E-state index in [0.717, 1.165) is 29.7 Å². The first-order chi connectivity index (χ1) is 18.6. The van der Waals surface area contributed by atoms with Gasteiger partial charge >= 0.3 is 6.09 Å². The van der Waals surface area contributed by atoms with Crippen molar-refractivity contribution in [2.45, 2.75) is 19.4 Å². The molecule has 1 unspecified atom stereocenters. The number of hydrogen-bond donors (Lipinski definition) is 1. The SMILES string of the molecule is CCN(Cc1ccncc1)C(=O)C(COC(=O)N1CCN(c2cccc3[nH]ccc23)CC1)c1ccccc1. The molecule has 0 aliphatic carbocycles. The maximum Gasteiger partial charge on any atom is 0.409 e. The third-order valence-electron chi connectivity index (χ3n) is 7.14. The van der Waals surface area contributed by atoms with Gasteiger partial charge in [-0.25, -0.2) is 4.79 Å². The zero-order valence-electron chi connectivity index (χ0n) is 21.6. The maximum atomic E-state index is 13.6. The number of pyridine rings is 1. The summed E-state index contributed by atoms with van der Waals surface area (Å²) in [5.74, 6) is -0.637. The van der Waals surface area contributed by atoms with E-state index in [1.165, 1.54) is 11.1 Å². The number of piperazine rings is 1. The number of aromatic nitrogens is 2. The molecule has 1 aliphatic rings. The van der Waals surface area contributed by atoms with Crippen molar-refractivity contribution in [1.82, 2.24) is 19.8 Å². The predicted molar refractivity (Wildman–Crippen MR) is 148 cm³/mol. The zero-order chi connectivity index (χ0) is 26.3. The summed E-state index contributed by atoms with van der Waals surface area (Å²) < 4.78 is 5.77. The van der Waals surface area contributed by atoms with E-state index >= 15 is 0 Å². The number of amides is 2. The molecule has 196 valence electrons. The summed E-state index contributed by atoms with van der Waals surface area (Å²) in [5.41, 5.74) is 4.11. The summed E-state index contributed by atoms with van der Waals surface area (Å²) in [7, 11) is 0. The third kappa shape index (κ3) is 5.64. The number of aromatic amines is 1. The summed E-state index contributed by atoms with van der Waals surface area (Å²) in [6.45, 7) is 5.54. The van der Waals surface area contributed by atoms with Gasteiger partial charge in [-0.15, -0.1) is 0 Å². The number of rotatable bonds is 8. The second-order valence-electron chi connectivity index (χ2n) is 9.44. The van der Waals surface area contributed by atoms with Crippen LogP contribution in [0.15, 0.2) is 85.3 Å². The Morgan fingerprint density at radius 2 is 1.74 bits per heavy atom. The number of anilines is 1. The van der Waals surface area contributed by atoms with Gasteiger partial charge < -0.3 is 24.4 Å². The molecule has 0 saturated carbocycles. The quantitative estimate of drug-likeness (QED) is 0.372. The molecule has 1 N–H and O–H groups in total. The Bertz CT molecular complexity index is 1350. The van der Waals surface area contributed by atoms with Gasteiger partial charge in [-0.2, -0.15) is 0 Å². The Hall–Kier alpha value is -4.33. The van der Waals surface area contributed by atoms with Crippen LogP contribution in [0.2, 0.25) is 0 Å². The van der Waals surface area contributed by atoms with Gasteiger partial charge in [0.15, 0.2) is 0 Å². The number of H-pyrrole nitrogens is 1. The van der Waals surface area contributed by atoms with Crippen LogP contribution in [0.25, 0.3) is 10.9 Å². The largest absolute Gasteiger partial charge is 0.448 e. The summed E-state index contributed by atoms with van der Waals surface area (Å²) in [6.07, 6.45) is 5.02. The molecule has 0 radical (unpaired) electrons. The standard InChI is InChI=1S/C30H33N5O3/c1-2-33(21-23-11-14-31-15-12-23)29(36)26(24-7-4-3-5-8-24)22-38-30(37)35-19-17-34(18-20-35)28-10-6-9-27-25(28)13-16-32-27/h3-16,26,32H,2,17-22H2,1H3. The van der Waals surface area contributed by atoms with Gasteiger partial charge in [0.25, 0.3) is 0 Å². The van der Waals surface area contributed by atoms with E-state index in [1.54, 1.807) is 22.2 Å². The minimum absolute atomic E-state index is 0.00258. The zero-order valence-corrected chi connectivity index (χ0v) is 21.6. The molecule has 1 atom stereocenters. The highest BCUT2D eigenvalue weighted by Crippen LogP contribution is 2.27. The fourth-order valence-corrected chi connectivity index (χ4v) is 4.99. The van der Waals surface area contributed by atoms with E-state index in [0.29, 0.717) is 26.2 Å². The molecule has 2 aromatic carbocycles. The average Bonchev–Trinajstić information content (AvgIpc) is 3.46. The highest BCUT2D eigenvalue weighted by Gasteiger charge is 2.29. The highest BCUT2D eigenvalue weighted by atomic mass is 16.6. The number of benzene rings is 2. The molecular weight excluding hydrogens is 478 g/mol. The van der Waals surface area contributed by atoms with E-state index in [1.807, 2.05) is 61.7 Å². The Kier molecular flexibility index (Phi) is 7.87. The monoisotopic (exact) mass is 511 g/mol. The fraction of sp³-hybridized carbons (Fsp3) is 0.300. The topological polar surface area (TPSA) is 81.8 Å². The van der Waals surface area contributed by atoms with Crippen molar-refractivity contribution in [3.63, 3.8) is 0 Å². The second-order valence-corrected chi connectivity index (χ2v) is 9.44. The highest BCUT2D eigenvalue weighted by molar-refractivity contribution is 5.92. The number of ether oxygens (including phenoxy) is 1. The van der Waals surface area contributed by atoms with Gasteiger partial charge in [0, 0.05) is 74.4 Å². The van der Waals surface area contributed by atoms with Gasteiger partial charge in [-0.05, 0) is 48.4 Å². The number of carbonyl (C=O) groups is 2. The van der Waals surface area contributed by atoms with Crippen molar-refractivity contribution in [3.05, 3.63) is 96.4 Å². The molecule has 8 heteroatoms. The third-order valence-corrected chi connectivity index (χ3v) is 7.14. The van der Waals surface area contributed by atoms with E-state index in [9.17, 15) is 9.59 Å². The lowest BCUT2D eigenvalue weighted by atomic mass is 9.98. The van der Waals surface area contributed by atoms with Crippen LogP contribution in [0, 0.1) is 0 Å². The number of nitrogens with one attached hydrogen (secondary N) is 1. The summed E-state index contributed by atoms with van der Waals surface area (Å²) >= 11 is 0. The number of hydrogen-bond acceptors (Lipinski definition) is 5. The summed E-state index contributed by atoms with van der Waals surface area (Å²) in [4.78, 5) is 39.8. The molecule has 2 amide bonds. The van der Waals surface area contributed by atoms with E-state index < -0.39 is 5.92 Å². The van der Waals surface area contributed by atoms with E-state index in [4.69, 9.17) is 4.74 Å². The molecule has 38 heavy (non-hydrogen) atoms. The lowest BCUT2D eigenvalue weighted by molar-refractivity contribution is -0.134. The molecular formula is C30H33N5O3. The minimum Gasteiger partial charge on any atom is -0.448 e. The number of fused-ring (bicyclic) bond motifs is 1. The van der Waals surface area contributed by atoms with Crippen molar-refractivity contribution >= 4 is 28.6 Å². The van der Waals surface area contributed by atoms with Crippen molar-refractivity contribution in [1.29, 1.82) is 0 Å². The van der Waals surface area contributed by atoms with Gasteiger partial charge in [0.1, 0.15) is 6.61 Å². The summed E-state index contributed by atoms with van der Waals surface area (Å²) in [6, 6.07) is 21.7. The van der Waals surface area contributed by atoms with E-state index in [-0.39, 0.29) is 18.6 Å². The molecule has 8 nitrogen and oxygen atoms in total. The van der Waals surface area contributed by atoms with Crippen LogP contribution in [-0.4, -0.2) is 71.1 Å². The minimum atomic E-state index is -0.575. The first-order valence-corrected chi connectivity index (χ1v) is 13.1. The van der Waals surface area contributed by atoms with Crippen LogP contribution in [-0.2, 0) is 16.1 Å². The number of carbonyl (C=O) groups excluding carboxylic acids is 2. The molecule has 1 aliphatic heterocycles. The molecule has 3 heterocycles. The second kappa shape index (κ2) is 11.8. The first-order valence-electron chi connectivity index (χ1n) is 13.1. The normalized spacial score (nSPS) is 14.3. The Labute approximate surface area is 222 Å². The van der Waals surface area contributed by atoms with Crippen LogP contribution in [0.4, 0.5) is 10.5 Å². The number of nitrogens with zero attached hydrogens (tertiary/aromatic N) is 4. The van der Waals surface area contributed by atoms with Crippen molar-refractivity contribution in [3.8, 4) is 0 Å². The molecule has 1 fully saturated rings. The van der Waals surface area contributed by atoms with Crippen molar-refractivity contribution in [2.75, 3.05) is 44.2 Å². The van der Waals surface area contributed by atoms with Crippen molar-refractivity contribution < 1.29 is 14.3 Å². The molecule has 4 aromatic rings. The van der Waals surface area contributed by atoms with Crippen LogP contribution in [0.5, 0.6) is 0 Å². The van der Waals surface area contributed by atoms with Crippen LogP contribution < -0.4 is 4.90 Å². The Morgan fingerprint density at radius 1 is 0.974 bits per heavy atom. The van der Waals surface area contributed by atoms with Gasteiger partial charge in [0.05, 0.1) is 5.92 Å². The molecule has 0 bridgehead atoms. The van der Waals surface area contributed by atoms with Crippen molar-refractivity contribution in [2.24, 2.45) is 0 Å². The lowest BCUT2D eigenvalue weighted by Crippen LogP contribution is -2.49.